The molecule has 6 heteroatoms. The number of anilines is 2. The van der Waals surface area contributed by atoms with Crippen LogP contribution >= 0.6 is 11.6 Å². The normalized spacial score (nSPS) is 11.8. The number of aromatic nitrogens is 4. The fourth-order valence-electron chi connectivity index (χ4n) is 4.11. The van der Waals surface area contributed by atoms with Crippen LogP contribution in [-0.4, -0.2) is 19.7 Å². The van der Waals surface area contributed by atoms with Crippen LogP contribution in [0.4, 0.5) is 11.6 Å². The second kappa shape index (κ2) is 9.13. The second-order valence-electron chi connectivity index (χ2n) is 7.78. The van der Waals surface area contributed by atoms with Gasteiger partial charge < -0.3 is 5.32 Å². The highest BCUT2D eigenvalue weighted by Crippen LogP contribution is 2.40. The van der Waals surface area contributed by atoms with Gasteiger partial charge >= 0.3 is 0 Å². The van der Waals surface area contributed by atoms with Crippen LogP contribution in [0.1, 0.15) is 36.2 Å². The second-order valence-corrected chi connectivity index (χ2v) is 8.19. The van der Waals surface area contributed by atoms with Gasteiger partial charge in [0.05, 0.1) is 27.8 Å². The van der Waals surface area contributed by atoms with E-state index in [1.54, 1.807) is 0 Å². The van der Waals surface area contributed by atoms with Crippen molar-refractivity contribution in [3.05, 3.63) is 76.1 Å². The van der Waals surface area contributed by atoms with Gasteiger partial charge in [0.15, 0.2) is 0 Å². The monoisotopic (exact) mass is 445 g/mol. The molecule has 1 aliphatic carbocycles. The third-order valence-corrected chi connectivity index (χ3v) is 5.94. The van der Waals surface area contributed by atoms with Crippen LogP contribution in [0.25, 0.3) is 22.5 Å². The molecule has 1 N–H and O–H groups in total. The van der Waals surface area contributed by atoms with Crippen LogP contribution in [-0.2, 0) is 19.9 Å². The van der Waals surface area contributed by atoms with Crippen LogP contribution in [0.3, 0.4) is 0 Å². The van der Waals surface area contributed by atoms with Crippen LogP contribution in [0, 0.1) is 13.8 Å². The first-order valence-electron chi connectivity index (χ1n) is 11.0. The highest BCUT2D eigenvalue weighted by atomic mass is 35.5. The SMILES string of the molecule is CC.Cc1ccc(Nc2ncc3c(n2)-c2c(nn(C)c2-c2ccccc2C)CC3)c(Cl)c1. The minimum absolute atomic E-state index is 0.534. The van der Waals surface area contributed by atoms with E-state index in [2.05, 4.69) is 41.5 Å². The summed E-state index contributed by atoms with van der Waals surface area (Å²) in [4.78, 5) is 9.45. The molecule has 0 unspecified atom stereocenters. The molecule has 2 aromatic carbocycles. The third kappa shape index (κ3) is 4.00. The number of aryl methyl sites for hydroxylation is 5. The number of fused-ring (bicyclic) bond motifs is 3. The van der Waals surface area contributed by atoms with Gasteiger partial charge in [-0.3, -0.25) is 4.68 Å². The van der Waals surface area contributed by atoms with Crippen molar-refractivity contribution in [3.63, 3.8) is 0 Å². The minimum Gasteiger partial charge on any atom is -0.323 e. The Kier molecular flexibility index (Phi) is 6.28. The Morgan fingerprint density at radius 2 is 1.81 bits per heavy atom. The van der Waals surface area contributed by atoms with E-state index in [1.165, 1.54) is 11.1 Å². The van der Waals surface area contributed by atoms with Crippen molar-refractivity contribution in [1.29, 1.82) is 0 Å². The lowest BCUT2D eigenvalue weighted by Gasteiger charge is -2.18. The predicted molar refractivity (Wildman–Crippen MR) is 133 cm³/mol. The lowest BCUT2D eigenvalue weighted by molar-refractivity contribution is 0.741. The number of rotatable bonds is 3. The minimum atomic E-state index is 0.534. The van der Waals surface area contributed by atoms with Gasteiger partial charge in [0.25, 0.3) is 0 Å². The maximum Gasteiger partial charge on any atom is 0.227 e. The van der Waals surface area contributed by atoms with Crippen molar-refractivity contribution >= 4 is 23.2 Å². The summed E-state index contributed by atoms with van der Waals surface area (Å²) in [7, 11) is 2.01. The zero-order valence-corrected chi connectivity index (χ0v) is 20.0. The lowest BCUT2D eigenvalue weighted by atomic mass is 9.90. The molecule has 2 aromatic heterocycles. The number of hydrogen-bond donors (Lipinski definition) is 1. The average molecular weight is 446 g/mol. The first-order chi connectivity index (χ1) is 15.5. The Hall–Kier alpha value is -3.18. The van der Waals surface area contributed by atoms with E-state index in [1.807, 2.05) is 56.9 Å². The molecule has 2 heterocycles. The van der Waals surface area contributed by atoms with Gasteiger partial charge in [0.1, 0.15) is 0 Å². The molecule has 0 saturated heterocycles. The Bertz CT molecular complexity index is 1280. The molecule has 0 fully saturated rings. The van der Waals surface area contributed by atoms with Gasteiger partial charge in [-0.2, -0.15) is 5.10 Å². The first kappa shape index (κ1) is 22.0. The van der Waals surface area contributed by atoms with Gasteiger partial charge in [0, 0.05) is 24.4 Å². The van der Waals surface area contributed by atoms with Crippen molar-refractivity contribution in [2.75, 3.05) is 5.32 Å². The molecule has 1 aliphatic rings. The Morgan fingerprint density at radius 1 is 1.03 bits per heavy atom. The summed E-state index contributed by atoms with van der Waals surface area (Å²) in [6.07, 6.45) is 3.70. The molecule has 0 bridgehead atoms. The summed E-state index contributed by atoms with van der Waals surface area (Å²) in [6.45, 7) is 8.15. The van der Waals surface area contributed by atoms with Crippen molar-refractivity contribution in [2.24, 2.45) is 7.05 Å². The highest BCUT2D eigenvalue weighted by Gasteiger charge is 2.27. The standard InChI is InChI=1S/C24H22ClN5.C2H6/c1-14-8-10-19(18(25)12-14)27-24-26-13-16-9-11-20-21(22(16)28-24)23(30(3)29-20)17-7-5-4-6-15(17)2;1-2/h4-8,10,12-13H,9,11H2,1-3H3,(H,26,27,28);1-2H3. The summed E-state index contributed by atoms with van der Waals surface area (Å²) in [5.74, 6) is 0.534. The van der Waals surface area contributed by atoms with E-state index in [0.717, 1.165) is 52.3 Å². The molecule has 0 saturated carbocycles. The van der Waals surface area contributed by atoms with E-state index < -0.39 is 0 Å². The van der Waals surface area contributed by atoms with Crippen molar-refractivity contribution in [1.82, 2.24) is 19.7 Å². The van der Waals surface area contributed by atoms with Crippen LogP contribution in [0.15, 0.2) is 48.7 Å². The van der Waals surface area contributed by atoms with E-state index >= 15 is 0 Å². The van der Waals surface area contributed by atoms with Crippen LogP contribution in [0.2, 0.25) is 5.02 Å². The van der Waals surface area contributed by atoms with Crippen LogP contribution in [0.5, 0.6) is 0 Å². The third-order valence-electron chi connectivity index (χ3n) is 5.62. The summed E-state index contributed by atoms with van der Waals surface area (Å²) in [5.41, 5.74) is 9.68. The molecular weight excluding hydrogens is 418 g/mol. The molecule has 4 aromatic rings. The molecular formula is C26H28ClN5. The fraction of sp³-hybridized carbons (Fsp3) is 0.269. The van der Waals surface area contributed by atoms with Gasteiger partial charge in [-0.25, -0.2) is 9.97 Å². The number of benzene rings is 2. The van der Waals surface area contributed by atoms with Crippen molar-refractivity contribution in [3.8, 4) is 22.5 Å². The summed E-state index contributed by atoms with van der Waals surface area (Å²) >= 11 is 6.40. The molecule has 0 atom stereocenters. The Morgan fingerprint density at radius 3 is 2.56 bits per heavy atom. The molecule has 0 radical (unpaired) electrons. The van der Waals surface area contributed by atoms with E-state index in [9.17, 15) is 0 Å². The number of nitrogens with one attached hydrogen (secondary N) is 1. The van der Waals surface area contributed by atoms with E-state index in [0.29, 0.717) is 11.0 Å². The van der Waals surface area contributed by atoms with E-state index in [4.69, 9.17) is 21.7 Å². The molecule has 0 spiro atoms. The maximum absolute atomic E-state index is 6.40. The number of nitrogens with zero attached hydrogens (tertiary/aromatic N) is 4. The Balaban J connectivity index is 0.00000119. The van der Waals surface area contributed by atoms with Crippen LogP contribution < -0.4 is 5.32 Å². The fourth-order valence-corrected chi connectivity index (χ4v) is 4.39. The maximum atomic E-state index is 6.40. The zero-order chi connectivity index (χ0) is 22.8. The summed E-state index contributed by atoms with van der Waals surface area (Å²) in [6, 6.07) is 14.3. The molecule has 5 nitrogen and oxygen atoms in total. The van der Waals surface area contributed by atoms with Gasteiger partial charge in [-0.1, -0.05) is 55.8 Å². The molecule has 164 valence electrons. The Labute approximate surface area is 194 Å². The predicted octanol–water partition coefficient (Wildman–Crippen LogP) is 6.68. The average Bonchev–Trinajstić information content (AvgIpc) is 3.13. The van der Waals surface area contributed by atoms with Gasteiger partial charge in [0.2, 0.25) is 5.95 Å². The number of halogens is 1. The van der Waals surface area contributed by atoms with Crippen molar-refractivity contribution in [2.45, 2.75) is 40.5 Å². The quantitative estimate of drug-likeness (QED) is 0.382. The van der Waals surface area contributed by atoms with Gasteiger partial charge in [-0.15, -0.1) is 0 Å². The highest BCUT2D eigenvalue weighted by molar-refractivity contribution is 6.33. The number of hydrogen-bond acceptors (Lipinski definition) is 4. The van der Waals surface area contributed by atoms with Gasteiger partial charge in [-0.05, 0) is 55.5 Å². The largest absolute Gasteiger partial charge is 0.323 e. The van der Waals surface area contributed by atoms with E-state index in [-0.39, 0.29) is 0 Å². The first-order valence-corrected chi connectivity index (χ1v) is 11.4. The summed E-state index contributed by atoms with van der Waals surface area (Å²) < 4.78 is 1.98. The molecule has 0 aliphatic heterocycles. The molecule has 0 amide bonds. The smallest absolute Gasteiger partial charge is 0.227 e. The van der Waals surface area contributed by atoms with Crippen molar-refractivity contribution < 1.29 is 0 Å². The topological polar surface area (TPSA) is 55.6 Å². The molecule has 5 rings (SSSR count). The summed E-state index contributed by atoms with van der Waals surface area (Å²) in [5, 5.41) is 8.75. The molecule has 32 heavy (non-hydrogen) atoms. The zero-order valence-electron chi connectivity index (χ0n) is 19.2. The lowest BCUT2D eigenvalue weighted by Crippen LogP contribution is -2.08.